The lowest BCUT2D eigenvalue weighted by molar-refractivity contribution is 0.470. The van der Waals surface area contributed by atoms with Gasteiger partial charge in [0.15, 0.2) is 5.96 Å². The molecule has 0 saturated carbocycles. The Morgan fingerprint density at radius 1 is 1.39 bits per heavy atom. The zero-order valence-electron chi connectivity index (χ0n) is 13.8. The number of benzene rings is 1. The molecule has 0 atom stereocenters. The summed E-state index contributed by atoms with van der Waals surface area (Å²) in [6.45, 7) is 5.44. The third kappa shape index (κ3) is 4.95. The molecule has 0 saturated heterocycles. The van der Waals surface area contributed by atoms with Crippen molar-refractivity contribution in [2.24, 2.45) is 4.99 Å². The first-order valence-electron chi connectivity index (χ1n) is 7.71. The van der Waals surface area contributed by atoms with Crippen LogP contribution in [0.2, 0.25) is 0 Å². The molecule has 0 spiro atoms. The molecule has 0 fully saturated rings. The summed E-state index contributed by atoms with van der Waals surface area (Å²) >= 11 is 0. The fraction of sp³-hybridized carbons (Fsp3) is 0.353. The lowest BCUT2D eigenvalue weighted by Gasteiger charge is -2.22. The van der Waals surface area contributed by atoms with Gasteiger partial charge in [0.25, 0.3) is 0 Å². The first kappa shape index (κ1) is 16.7. The average Bonchev–Trinajstić information content (AvgIpc) is 3.11. The lowest BCUT2D eigenvalue weighted by atomic mass is 10.2. The second-order valence-corrected chi connectivity index (χ2v) is 5.26. The zero-order chi connectivity index (χ0) is 16.5. The van der Waals surface area contributed by atoms with Crippen molar-refractivity contribution in [1.82, 2.24) is 25.0 Å². The largest absolute Gasteiger partial charge is 0.352 e. The fourth-order valence-electron chi connectivity index (χ4n) is 2.25. The van der Waals surface area contributed by atoms with E-state index < -0.39 is 0 Å². The van der Waals surface area contributed by atoms with E-state index in [1.807, 2.05) is 25.3 Å². The van der Waals surface area contributed by atoms with Gasteiger partial charge in [-0.3, -0.25) is 4.99 Å². The molecule has 23 heavy (non-hydrogen) atoms. The van der Waals surface area contributed by atoms with Crippen molar-refractivity contribution in [2.75, 3.05) is 20.6 Å². The Balaban J connectivity index is 1.87. The minimum atomic E-state index is 0.732. The smallest absolute Gasteiger partial charge is 0.193 e. The van der Waals surface area contributed by atoms with Crippen LogP contribution in [0.3, 0.4) is 0 Å². The van der Waals surface area contributed by atoms with Gasteiger partial charge in [-0.25, -0.2) is 9.67 Å². The van der Waals surface area contributed by atoms with Gasteiger partial charge < -0.3 is 10.2 Å². The number of nitrogens with zero attached hydrogens (tertiary/aromatic N) is 5. The van der Waals surface area contributed by atoms with E-state index >= 15 is 0 Å². The van der Waals surface area contributed by atoms with Crippen LogP contribution in [0, 0.1) is 0 Å². The molecule has 6 nitrogen and oxygen atoms in total. The van der Waals surface area contributed by atoms with Gasteiger partial charge in [0.2, 0.25) is 0 Å². The standard InChI is InChI=1S/C17H24N6/c1-4-5-6-11-22(3)17(18-2)20-12-15-7-9-16(10-8-15)23-14-19-13-21-23/h4,7-10,13-14H,1,5-6,11-12H2,2-3H3,(H,18,20). The molecule has 122 valence electrons. The molecule has 0 amide bonds. The summed E-state index contributed by atoms with van der Waals surface area (Å²) in [5.74, 6) is 0.898. The molecular weight excluding hydrogens is 288 g/mol. The summed E-state index contributed by atoms with van der Waals surface area (Å²) in [6, 6.07) is 8.22. The van der Waals surface area contributed by atoms with Crippen LogP contribution in [-0.2, 0) is 6.54 Å². The summed E-state index contributed by atoms with van der Waals surface area (Å²) in [6.07, 6.45) is 7.26. The van der Waals surface area contributed by atoms with Gasteiger partial charge in [-0.1, -0.05) is 18.2 Å². The highest BCUT2D eigenvalue weighted by molar-refractivity contribution is 5.79. The molecule has 0 aliphatic rings. The van der Waals surface area contributed by atoms with E-state index in [1.165, 1.54) is 11.9 Å². The highest BCUT2D eigenvalue weighted by atomic mass is 15.3. The molecule has 0 bridgehead atoms. The summed E-state index contributed by atoms with van der Waals surface area (Å²) in [4.78, 5) is 10.4. The maximum atomic E-state index is 4.32. The number of guanidine groups is 1. The number of hydrogen-bond acceptors (Lipinski definition) is 3. The first-order valence-corrected chi connectivity index (χ1v) is 7.71. The fourth-order valence-corrected chi connectivity index (χ4v) is 2.25. The predicted octanol–water partition coefficient (Wildman–Crippen LogP) is 2.24. The Bertz CT molecular complexity index is 615. The van der Waals surface area contributed by atoms with Gasteiger partial charge in [-0.2, -0.15) is 5.10 Å². The molecular formula is C17H24N6. The van der Waals surface area contributed by atoms with E-state index in [0.29, 0.717) is 0 Å². The normalized spacial score (nSPS) is 11.3. The third-order valence-corrected chi connectivity index (χ3v) is 3.55. The zero-order valence-corrected chi connectivity index (χ0v) is 13.8. The number of aliphatic imine (C=N–C) groups is 1. The van der Waals surface area contributed by atoms with Crippen LogP contribution in [-0.4, -0.2) is 46.3 Å². The van der Waals surface area contributed by atoms with Crippen molar-refractivity contribution in [3.8, 4) is 5.69 Å². The number of hydrogen-bond donors (Lipinski definition) is 1. The van der Waals surface area contributed by atoms with Crippen molar-refractivity contribution in [3.63, 3.8) is 0 Å². The highest BCUT2D eigenvalue weighted by Crippen LogP contribution is 2.08. The van der Waals surface area contributed by atoms with Crippen LogP contribution in [0.5, 0.6) is 0 Å². The van der Waals surface area contributed by atoms with Crippen molar-refractivity contribution in [3.05, 3.63) is 55.1 Å². The lowest BCUT2D eigenvalue weighted by Crippen LogP contribution is -2.38. The van der Waals surface area contributed by atoms with Crippen LogP contribution in [0.25, 0.3) is 5.69 Å². The van der Waals surface area contributed by atoms with Gasteiger partial charge in [0, 0.05) is 27.2 Å². The first-order chi connectivity index (χ1) is 11.2. The third-order valence-electron chi connectivity index (χ3n) is 3.55. The van der Waals surface area contributed by atoms with Crippen LogP contribution in [0.1, 0.15) is 18.4 Å². The Kier molecular flexibility index (Phi) is 6.35. The molecule has 2 rings (SSSR count). The molecule has 1 heterocycles. The van der Waals surface area contributed by atoms with Crippen LogP contribution < -0.4 is 5.32 Å². The van der Waals surface area contributed by atoms with E-state index in [4.69, 9.17) is 0 Å². The SMILES string of the molecule is C=CCCCN(C)C(=NC)NCc1ccc(-n2cncn2)cc1. The van der Waals surface area contributed by atoms with Gasteiger partial charge in [-0.05, 0) is 30.5 Å². The predicted molar refractivity (Wildman–Crippen MR) is 93.6 cm³/mol. The Hall–Kier alpha value is -2.63. The number of unbranched alkanes of at least 4 members (excludes halogenated alkanes) is 1. The van der Waals surface area contributed by atoms with Gasteiger partial charge >= 0.3 is 0 Å². The minimum Gasteiger partial charge on any atom is -0.352 e. The number of rotatable bonds is 7. The molecule has 0 aliphatic heterocycles. The summed E-state index contributed by atoms with van der Waals surface area (Å²) < 4.78 is 1.74. The topological polar surface area (TPSA) is 58.3 Å². The van der Waals surface area contributed by atoms with Crippen LogP contribution >= 0.6 is 0 Å². The van der Waals surface area contributed by atoms with Crippen LogP contribution in [0.15, 0.2) is 54.6 Å². The average molecular weight is 312 g/mol. The molecule has 0 unspecified atom stereocenters. The maximum Gasteiger partial charge on any atom is 0.193 e. The maximum absolute atomic E-state index is 4.32. The van der Waals surface area contributed by atoms with E-state index in [-0.39, 0.29) is 0 Å². The van der Waals surface area contributed by atoms with E-state index in [1.54, 1.807) is 18.1 Å². The van der Waals surface area contributed by atoms with Crippen LogP contribution in [0.4, 0.5) is 0 Å². The van der Waals surface area contributed by atoms with Gasteiger partial charge in [0.05, 0.1) is 5.69 Å². The summed E-state index contributed by atoms with van der Waals surface area (Å²) in [5, 5.41) is 7.50. The monoisotopic (exact) mass is 312 g/mol. The quantitative estimate of drug-likeness (QED) is 0.369. The number of aromatic nitrogens is 3. The van der Waals surface area contributed by atoms with Crippen molar-refractivity contribution >= 4 is 5.96 Å². The Morgan fingerprint density at radius 3 is 2.78 bits per heavy atom. The van der Waals surface area contributed by atoms with Gasteiger partial charge in [0.1, 0.15) is 12.7 Å². The van der Waals surface area contributed by atoms with E-state index in [9.17, 15) is 0 Å². The molecule has 1 aromatic heterocycles. The van der Waals surface area contributed by atoms with Crippen molar-refractivity contribution in [1.29, 1.82) is 0 Å². The Morgan fingerprint density at radius 2 is 2.17 bits per heavy atom. The van der Waals surface area contributed by atoms with E-state index in [2.05, 4.69) is 44.0 Å². The summed E-state index contributed by atoms with van der Waals surface area (Å²) in [7, 11) is 3.85. The minimum absolute atomic E-state index is 0.732. The molecule has 0 radical (unpaired) electrons. The molecule has 2 aromatic rings. The highest BCUT2D eigenvalue weighted by Gasteiger charge is 2.05. The number of nitrogens with one attached hydrogen (secondary N) is 1. The number of allylic oxidation sites excluding steroid dienone is 1. The van der Waals surface area contributed by atoms with Crippen molar-refractivity contribution in [2.45, 2.75) is 19.4 Å². The molecule has 6 heteroatoms. The Labute approximate surface area is 137 Å². The molecule has 1 aromatic carbocycles. The summed E-state index contributed by atoms with van der Waals surface area (Å²) in [5.41, 5.74) is 2.19. The second-order valence-electron chi connectivity index (χ2n) is 5.26. The van der Waals surface area contributed by atoms with E-state index in [0.717, 1.165) is 37.6 Å². The second kappa shape index (κ2) is 8.73. The molecule has 0 aliphatic carbocycles. The molecule has 1 N–H and O–H groups in total. The van der Waals surface area contributed by atoms with Crippen molar-refractivity contribution < 1.29 is 0 Å². The van der Waals surface area contributed by atoms with Gasteiger partial charge in [-0.15, -0.1) is 6.58 Å².